The Morgan fingerprint density at radius 2 is 1.95 bits per heavy atom. The maximum absolute atomic E-state index is 12.3. The van der Waals surface area contributed by atoms with Crippen LogP contribution < -0.4 is 9.46 Å². The van der Waals surface area contributed by atoms with Gasteiger partial charge >= 0.3 is 0 Å². The monoisotopic (exact) mass is 287 g/mol. The molecule has 0 aliphatic carbocycles. The minimum absolute atomic E-state index is 0.0831. The number of methoxy groups -OCH3 is 1. The number of ether oxygens (including phenoxy) is 1. The molecule has 1 aromatic carbocycles. The van der Waals surface area contributed by atoms with E-state index in [9.17, 15) is 13.5 Å². The lowest BCUT2D eigenvalue weighted by molar-refractivity contribution is 0.240. The molecule has 2 N–H and O–H groups in total. The topological polar surface area (TPSA) is 75.6 Å². The van der Waals surface area contributed by atoms with Crippen LogP contribution in [0.25, 0.3) is 0 Å². The van der Waals surface area contributed by atoms with Crippen molar-refractivity contribution in [1.82, 2.24) is 4.72 Å². The first kappa shape index (κ1) is 15.9. The van der Waals surface area contributed by atoms with Gasteiger partial charge in [-0.2, -0.15) is 0 Å². The summed E-state index contributed by atoms with van der Waals surface area (Å²) in [6, 6.07) is 5.91. The second-order valence-corrected chi connectivity index (χ2v) is 6.46. The number of nitrogens with one attached hydrogen (secondary N) is 1. The third-order valence-corrected chi connectivity index (χ3v) is 4.22. The molecule has 0 saturated heterocycles. The Bertz CT molecular complexity index is 499. The van der Waals surface area contributed by atoms with Crippen molar-refractivity contribution in [2.45, 2.75) is 31.2 Å². The molecule has 0 aliphatic rings. The SMILES string of the molecule is COc1ccccc1S(=O)(=O)NC(CO)CC(C)C. The van der Waals surface area contributed by atoms with Gasteiger partial charge in [0.1, 0.15) is 10.6 Å². The largest absolute Gasteiger partial charge is 0.495 e. The van der Waals surface area contributed by atoms with Crippen LogP contribution >= 0.6 is 0 Å². The van der Waals surface area contributed by atoms with E-state index in [1.807, 2.05) is 13.8 Å². The second kappa shape index (κ2) is 6.88. The lowest BCUT2D eigenvalue weighted by Crippen LogP contribution is -2.38. The fourth-order valence-electron chi connectivity index (χ4n) is 1.85. The summed E-state index contributed by atoms with van der Waals surface area (Å²) >= 11 is 0. The molecule has 0 saturated carbocycles. The van der Waals surface area contributed by atoms with Crippen molar-refractivity contribution < 1.29 is 18.3 Å². The smallest absolute Gasteiger partial charge is 0.244 e. The first-order valence-corrected chi connectivity index (χ1v) is 7.65. The van der Waals surface area contributed by atoms with E-state index in [2.05, 4.69) is 4.72 Å². The summed E-state index contributed by atoms with van der Waals surface area (Å²) in [5.41, 5.74) is 0. The lowest BCUT2D eigenvalue weighted by atomic mass is 10.1. The zero-order valence-electron chi connectivity index (χ0n) is 11.5. The molecule has 1 rings (SSSR count). The Morgan fingerprint density at radius 3 is 2.47 bits per heavy atom. The quantitative estimate of drug-likeness (QED) is 0.794. The number of aliphatic hydroxyl groups is 1. The summed E-state index contributed by atoms with van der Waals surface area (Å²) in [5.74, 6) is 0.578. The maximum atomic E-state index is 12.3. The van der Waals surface area contributed by atoms with E-state index in [-0.39, 0.29) is 23.2 Å². The molecular formula is C13H21NO4S. The van der Waals surface area contributed by atoms with E-state index in [0.717, 1.165) is 0 Å². The Balaban J connectivity index is 2.97. The molecule has 0 fully saturated rings. The number of rotatable bonds is 7. The van der Waals surface area contributed by atoms with Gasteiger partial charge in [0, 0.05) is 6.04 Å². The Hall–Kier alpha value is -1.11. The van der Waals surface area contributed by atoms with Crippen LogP contribution in [0.3, 0.4) is 0 Å². The molecule has 6 heteroatoms. The van der Waals surface area contributed by atoms with Gasteiger partial charge in [-0.25, -0.2) is 13.1 Å². The van der Waals surface area contributed by atoms with Crippen molar-refractivity contribution in [2.75, 3.05) is 13.7 Å². The van der Waals surface area contributed by atoms with E-state index in [0.29, 0.717) is 6.42 Å². The number of hydrogen-bond acceptors (Lipinski definition) is 4. The molecule has 0 amide bonds. The highest BCUT2D eigenvalue weighted by molar-refractivity contribution is 7.89. The third-order valence-electron chi connectivity index (χ3n) is 2.66. The molecular weight excluding hydrogens is 266 g/mol. The Labute approximate surface area is 114 Å². The van der Waals surface area contributed by atoms with Crippen molar-refractivity contribution in [3.8, 4) is 5.75 Å². The number of para-hydroxylation sites is 1. The van der Waals surface area contributed by atoms with Gasteiger partial charge < -0.3 is 9.84 Å². The van der Waals surface area contributed by atoms with Crippen LogP contribution in [-0.2, 0) is 10.0 Å². The van der Waals surface area contributed by atoms with Crippen molar-refractivity contribution in [3.63, 3.8) is 0 Å². The number of aliphatic hydroxyl groups excluding tert-OH is 1. The van der Waals surface area contributed by atoms with E-state index in [4.69, 9.17) is 4.74 Å². The van der Waals surface area contributed by atoms with Crippen LogP contribution in [0.5, 0.6) is 5.75 Å². The zero-order valence-corrected chi connectivity index (χ0v) is 12.3. The minimum atomic E-state index is -3.69. The van der Waals surface area contributed by atoms with Crippen molar-refractivity contribution in [3.05, 3.63) is 24.3 Å². The molecule has 108 valence electrons. The van der Waals surface area contributed by atoms with Crippen LogP contribution in [0.4, 0.5) is 0 Å². The van der Waals surface area contributed by atoms with Gasteiger partial charge in [-0.05, 0) is 24.5 Å². The average molecular weight is 287 g/mol. The average Bonchev–Trinajstić information content (AvgIpc) is 2.37. The number of sulfonamides is 1. The van der Waals surface area contributed by atoms with Crippen LogP contribution in [0, 0.1) is 5.92 Å². The molecule has 0 aliphatic heterocycles. The predicted octanol–water partition coefficient (Wildman–Crippen LogP) is 1.38. The molecule has 0 aromatic heterocycles. The van der Waals surface area contributed by atoms with E-state index in [1.54, 1.807) is 18.2 Å². The Morgan fingerprint density at radius 1 is 1.32 bits per heavy atom. The van der Waals surface area contributed by atoms with Crippen molar-refractivity contribution >= 4 is 10.0 Å². The van der Waals surface area contributed by atoms with Gasteiger partial charge in [0.25, 0.3) is 0 Å². The van der Waals surface area contributed by atoms with Gasteiger partial charge in [0.2, 0.25) is 10.0 Å². The molecule has 1 unspecified atom stereocenters. The third kappa shape index (κ3) is 4.49. The van der Waals surface area contributed by atoms with Gasteiger partial charge in [-0.15, -0.1) is 0 Å². The number of benzene rings is 1. The maximum Gasteiger partial charge on any atom is 0.244 e. The summed E-state index contributed by atoms with van der Waals surface area (Å²) in [5, 5.41) is 9.25. The van der Waals surface area contributed by atoms with Crippen LogP contribution in [0.1, 0.15) is 20.3 Å². The summed E-state index contributed by atoms with van der Waals surface area (Å²) < 4.78 is 32.1. The zero-order chi connectivity index (χ0) is 14.5. The normalized spacial score (nSPS) is 13.5. The summed E-state index contributed by atoms with van der Waals surface area (Å²) in [6.07, 6.45) is 0.574. The molecule has 1 atom stereocenters. The van der Waals surface area contributed by atoms with E-state index < -0.39 is 16.1 Å². The molecule has 0 radical (unpaired) electrons. The van der Waals surface area contributed by atoms with Crippen LogP contribution in [-0.4, -0.2) is 33.3 Å². The van der Waals surface area contributed by atoms with Gasteiger partial charge in [-0.1, -0.05) is 26.0 Å². The molecule has 1 aromatic rings. The minimum Gasteiger partial charge on any atom is -0.495 e. The Kier molecular flexibility index (Phi) is 5.78. The van der Waals surface area contributed by atoms with Crippen molar-refractivity contribution in [1.29, 1.82) is 0 Å². The highest BCUT2D eigenvalue weighted by Crippen LogP contribution is 2.23. The highest BCUT2D eigenvalue weighted by Gasteiger charge is 2.23. The fraction of sp³-hybridized carbons (Fsp3) is 0.538. The molecule has 19 heavy (non-hydrogen) atoms. The standard InChI is InChI=1S/C13H21NO4S/c1-10(2)8-11(9-15)14-19(16,17)13-7-5-4-6-12(13)18-3/h4-7,10-11,14-15H,8-9H2,1-3H3. The highest BCUT2D eigenvalue weighted by atomic mass is 32.2. The molecule has 0 heterocycles. The number of hydrogen-bond donors (Lipinski definition) is 2. The fourth-order valence-corrected chi connectivity index (χ4v) is 3.26. The van der Waals surface area contributed by atoms with Gasteiger partial charge in [-0.3, -0.25) is 0 Å². The first-order valence-electron chi connectivity index (χ1n) is 6.17. The van der Waals surface area contributed by atoms with E-state index >= 15 is 0 Å². The van der Waals surface area contributed by atoms with Gasteiger partial charge in [0.15, 0.2) is 0 Å². The molecule has 0 spiro atoms. The second-order valence-electron chi connectivity index (χ2n) is 4.78. The van der Waals surface area contributed by atoms with Crippen LogP contribution in [0.15, 0.2) is 29.2 Å². The van der Waals surface area contributed by atoms with Crippen LogP contribution in [0.2, 0.25) is 0 Å². The predicted molar refractivity (Wildman–Crippen MR) is 73.6 cm³/mol. The summed E-state index contributed by atoms with van der Waals surface area (Å²) in [6.45, 7) is 3.71. The summed E-state index contributed by atoms with van der Waals surface area (Å²) in [4.78, 5) is 0.0831. The van der Waals surface area contributed by atoms with E-state index in [1.165, 1.54) is 13.2 Å². The molecule has 5 nitrogen and oxygen atoms in total. The van der Waals surface area contributed by atoms with Gasteiger partial charge in [0.05, 0.1) is 13.7 Å². The molecule has 0 bridgehead atoms. The van der Waals surface area contributed by atoms with Crippen molar-refractivity contribution in [2.24, 2.45) is 5.92 Å². The summed E-state index contributed by atoms with van der Waals surface area (Å²) in [7, 11) is -2.27. The first-order chi connectivity index (χ1) is 8.90. The lowest BCUT2D eigenvalue weighted by Gasteiger charge is -2.19.